The molecule has 0 saturated heterocycles. The van der Waals surface area contributed by atoms with Crippen molar-refractivity contribution in [1.29, 1.82) is 0 Å². The molecule has 0 N–H and O–H groups in total. The van der Waals surface area contributed by atoms with Crippen molar-refractivity contribution < 1.29 is 9.59 Å². The van der Waals surface area contributed by atoms with Crippen molar-refractivity contribution in [1.82, 2.24) is 14.4 Å². The van der Waals surface area contributed by atoms with Crippen LogP contribution < -0.4 is 0 Å². The standard InChI is InChI=1S/C18H27N3O2/c1-3-5-17(22)21(15-9-10-15)13-18(23)20(14-7-8-14)12-16-6-4-11-19(16)2/h4,6,11,14-15H,3,5,7-10,12-13H2,1-2H3. The lowest BCUT2D eigenvalue weighted by molar-refractivity contribution is -0.141. The summed E-state index contributed by atoms with van der Waals surface area (Å²) >= 11 is 0. The van der Waals surface area contributed by atoms with E-state index in [1.54, 1.807) is 0 Å². The minimum Gasteiger partial charge on any atom is -0.353 e. The summed E-state index contributed by atoms with van der Waals surface area (Å²) in [7, 11) is 2.01. The molecule has 0 atom stereocenters. The topological polar surface area (TPSA) is 45.6 Å². The average molecular weight is 317 g/mol. The molecule has 2 saturated carbocycles. The molecule has 2 amide bonds. The van der Waals surface area contributed by atoms with Crippen molar-refractivity contribution in [2.45, 2.75) is 64.1 Å². The first-order chi connectivity index (χ1) is 11.1. The van der Waals surface area contributed by atoms with Gasteiger partial charge in [-0.05, 0) is 44.2 Å². The third kappa shape index (κ3) is 3.95. The Labute approximate surface area is 138 Å². The number of carbonyl (C=O) groups is 2. The molecule has 0 unspecified atom stereocenters. The highest BCUT2D eigenvalue weighted by Crippen LogP contribution is 2.31. The fraction of sp³-hybridized carbons (Fsp3) is 0.667. The molecular weight excluding hydrogens is 290 g/mol. The van der Waals surface area contributed by atoms with Crippen molar-refractivity contribution in [3.63, 3.8) is 0 Å². The molecule has 0 spiro atoms. The monoisotopic (exact) mass is 317 g/mol. The fourth-order valence-corrected chi connectivity index (χ4v) is 3.04. The van der Waals surface area contributed by atoms with E-state index in [2.05, 4.69) is 10.6 Å². The molecule has 0 aliphatic heterocycles. The molecule has 0 radical (unpaired) electrons. The summed E-state index contributed by atoms with van der Waals surface area (Å²) in [6.07, 6.45) is 7.65. The number of nitrogens with zero attached hydrogens (tertiary/aromatic N) is 3. The molecule has 1 aromatic heterocycles. The Morgan fingerprint density at radius 3 is 2.30 bits per heavy atom. The van der Waals surface area contributed by atoms with Crippen LogP contribution in [0.15, 0.2) is 18.3 Å². The minimum absolute atomic E-state index is 0.102. The lowest BCUT2D eigenvalue weighted by Gasteiger charge is -2.28. The molecule has 2 aliphatic rings. The van der Waals surface area contributed by atoms with Crippen LogP contribution in [0.4, 0.5) is 0 Å². The third-order valence-electron chi connectivity index (χ3n) is 4.77. The zero-order chi connectivity index (χ0) is 16.4. The Bertz CT molecular complexity index is 573. The molecule has 5 heteroatoms. The van der Waals surface area contributed by atoms with E-state index in [0.717, 1.165) is 37.8 Å². The van der Waals surface area contributed by atoms with Crippen molar-refractivity contribution in [3.05, 3.63) is 24.0 Å². The van der Waals surface area contributed by atoms with Crippen LogP contribution in [0.2, 0.25) is 0 Å². The maximum Gasteiger partial charge on any atom is 0.242 e. The summed E-state index contributed by atoms with van der Waals surface area (Å²) in [5, 5.41) is 0. The summed E-state index contributed by atoms with van der Waals surface area (Å²) < 4.78 is 2.06. The lowest BCUT2D eigenvalue weighted by Crippen LogP contribution is -2.44. The van der Waals surface area contributed by atoms with Crippen LogP contribution in [0.3, 0.4) is 0 Å². The SMILES string of the molecule is CCCC(=O)N(CC(=O)N(Cc1cccn1C)C1CC1)C1CC1. The van der Waals surface area contributed by atoms with Crippen LogP contribution >= 0.6 is 0 Å². The second-order valence-electron chi connectivity index (χ2n) is 6.87. The second kappa shape index (κ2) is 6.77. The molecular formula is C18H27N3O2. The van der Waals surface area contributed by atoms with Gasteiger partial charge in [0.2, 0.25) is 11.8 Å². The normalized spacial score (nSPS) is 17.1. The van der Waals surface area contributed by atoms with Crippen molar-refractivity contribution in [2.75, 3.05) is 6.54 Å². The van der Waals surface area contributed by atoms with Gasteiger partial charge in [0, 0.05) is 37.4 Å². The zero-order valence-corrected chi connectivity index (χ0v) is 14.2. The molecule has 0 bridgehead atoms. The Morgan fingerprint density at radius 2 is 1.78 bits per heavy atom. The number of carbonyl (C=O) groups excluding carboxylic acids is 2. The van der Waals surface area contributed by atoms with E-state index in [-0.39, 0.29) is 18.4 Å². The van der Waals surface area contributed by atoms with Gasteiger partial charge in [-0.2, -0.15) is 0 Å². The maximum atomic E-state index is 12.8. The lowest BCUT2D eigenvalue weighted by atomic mass is 10.2. The summed E-state index contributed by atoms with van der Waals surface area (Å²) in [5.41, 5.74) is 1.14. The van der Waals surface area contributed by atoms with Gasteiger partial charge in [0.05, 0.1) is 6.54 Å². The van der Waals surface area contributed by atoms with Gasteiger partial charge in [0.1, 0.15) is 6.54 Å². The first-order valence-corrected chi connectivity index (χ1v) is 8.79. The largest absolute Gasteiger partial charge is 0.353 e. The maximum absolute atomic E-state index is 12.8. The number of hydrogen-bond acceptors (Lipinski definition) is 2. The van der Waals surface area contributed by atoms with Gasteiger partial charge in [0.25, 0.3) is 0 Å². The predicted octanol–water partition coefficient (Wildman–Crippen LogP) is 2.31. The van der Waals surface area contributed by atoms with Gasteiger partial charge < -0.3 is 14.4 Å². The highest BCUT2D eigenvalue weighted by Gasteiger charge is 2.37. The smallest absolute Gasteiger partial charge is 0.242 e. The molecule has 3 rings (SSSR count). The van der Waals surface area contributed by atoms with Crippen LogP contribution in [0.5, 0.6) is 0 Å². The quantitative estimate of drug-likeness (QED) is 0.738. The molecule has 2 fully saturated rings. The summed E-state index contributed by atoms with van der Waals surface area (Å²) in [5.74, 6) is 0.239. The third-order valence-corrected chi connectivity index (χ3v) is 4.77. The van der Waals surface area contributed by atoms with Gasteiger partial charge >= 0.3 is 0 Å². The molecule has 23 heavy (non-hydrogen) atoms. The van der Waals surface area contributed by atoms with Crippen molar-refractivity contribution >= 4 is 11.8 Å². The summed E-state index contributed by atoms with van der Waals surface area (Å²) in [6.45, 7) is 2.91. The number of aromatic nitrogens is 1. The fourth-order valence-electron chi connectivity index (χ4n) is 3.04. The van der Waals surface area contributed by atoms with Crippen LogP contribution in [0.1, 0.15) is 51.1 Å². The average Bonchev–Trinajstić information content (AvgIpc) is 3.42. The van der Waals surface area contributed by atoms with Crippen molar-refractivity contribution in [3.8, 4) is 0 Å². The zero-order valence-electron chi connectivity index (χ0n) is 14.2. The van der Waals surface area contributed by atoms with E-state index < -0.39 is 0 Å². The second-order valence-corrected chi connectivity index (χ2v) is 6.87. The highest BCUT2D eigenvalue weighted by molar-refractivity contribution is 5.85. The van der Waals surface area contributed by atoms with E-state index >= 15 is 0 Å². The number of hydrogen-bond donors (Lipinski definition) is 0. The molecule has 5 nitrogen and oxygen atoms in total. The van der Waals surface area contributed by atoms with E-state index in [1.807, 2.05) is 36.0 Å². The van der Waals surface area contributed by atoms with Gasteiger partial charge in [-0.25, -0.2) is 0 Å². The van der Waals surface area contributed by atoms with E-state index in [4.69, 9.17) is 0 Å². The Morgan fingerprint density at radius 1 is 1.13 bits per heavy atom. The van der Waals surface area contributed by atoms with Crippen LogP contribution in [-0.2, 0) is 23.2 Å². The van der Waals surface area contributed by atoms with Crippen molar-refractivity contribution in [2.24, 2.45) is 7.05 Å². The molecule has 2 aliphatic carbocycles. The first-order valence-electron chi connectivity index (χ1n) is 8.79. The Hall–Kier alpha value is -1.78. The number of rotatable bonds is 8. The minimum atomic E-state index is 0.102. The number of aryl methyl sites for hydroxylation is 1. The van der Waals surface area contributed by atoms with E-state index in [1.165, 1.54) is 0 Å². The summed E-state index contributed by atoms with van der Waals surface area (Å²) in [6, 6.07) is 4.73. The van der Waals surface area contributed by atoms with Gasteiger partial charge in [0.15, 0.2) is 0 Å². The van der Waals surface area contributed by atoms with Crippen LogP contribution in [-0.4, -0.2) is 44.8 Å². The molecule has 0 aromatic carbocycles. The van der Waals surface area contributed by atoms with E-state index in [0.29, 0.717) is 25.0 Å². The predicted molar refractivity (Wildman–Crippen MR) is 88.6 cm³/mol. The Balaban J connectivity index is 1.66. The first kappa shape index (κ1) is 16.1. The van der Waals surface area contributed by atoms with Crippen LogP contribution in [0, 0.1) is 0 Å². The molecule has 1 heterocycles. The summed E-state index contributed by atoms with van der Waals surface area (Å²) in [4.78, 5) is 28.9. The molecule has 126 valence electrons. The van der Waals surface area contributed by atoms with Crippen LogP contribution in [0.25, 0.3) is 0 Å². The number of amides is 2. The van der Waals surface area contributed by atoms with Gasteiger partial charge in [-0.15, -0.1) is 0 Å². The molecule has 1 aromatic rings. The highest BCUT2D eigenvalue weighted by atomic mass is 16.2. The Kier molecular flexibility index (Phi) is 4.74. The van der Waals surface area contributed by atoms with E-state index in [9.17, 15) is 9.59 Å². The van der Waals surface area contributed by atoms with Gasteiger partial charge in [-0.1, -0.05) is 6.92 Å². The van der Waals surface area contributed by atoms with Gasteiger partial charge in [-0.3, -0.25) is 9.59 Å².